The summed E-state index contributed by atoms with van der Waals surface area (Å²) in [5, 5.41) is 8.03. The largest absolute Gasteiger partial charge is 0.480 e. The van der Waals surface area contributed by atoms with Crippen LogP contribution in [-0.2, 0) is 9.53 Å². The van der Waals surface area contributed by atoms with E-state index < -0.39 is 11.6 Å². The standard InChI is InChI=1S/C12H15ClO2.C2H5NO2/c1-8-5-6-9(10(13)7-8)11(14)15-12(2,3)4;3-1-2(4)5/h5-7H,1-4H3;1,3H2,(H,4,5). The number of rotatable bonds is 2. The molecule has 1 aromatic carbocycles. The van der Waals surface area contributed by atoms with Crippen molar-refractivity contribution in [2.45, 2.75) is 33.3 Å². The first kappa shape index (κ1) is 18.4. The molecule has 112 valence electrons. The minimum atomic E-state index is -0.968. The summed E-state index contributed by atoms with van der Waals surface area (Å²) in [6, 6.07) is 5.28. The van der Waals surface area contributed by atoms with Crippen LogP contribution >= 0.6 is 11.6 Å². The molecule has 0 aliphatic carbocycles. The zero-order valence-electron chi connectivity index (χ0n) is 12.1. The predicted molar refractivity (Wildman–Crippen MR) is 78.0 cm³/mol. The van der Waals surface area contributed by atoms with Gasteiger partial charge in [0.2, 0.25) is 0 Å². The Balaban J connectivity index is 0.000000621. The van der Waals surface area contributed by atoms with E-state index in [1.165, 1.54) is 0 Å². The Hall–Kier alpha value is -1.59. The van der Waals surface area contributed by atoms with Crippen LogP contribution in [0.25, 0.3) is 0 Å². The maximum atomic E-state index is 11.7. The average Bonchev–Trinajstić information content (AvgIpc) is 2.27. The van der Waals surface area contributed by atoms with Gasteiger partial charge in [-0.25, -0.2) is 4.79 Å². The lowest BCUT2D eigenvalue weighted by Crippen LogP contribution is -2.24. The van der Waals surface area contributed by atoms with Gasteiger partial charge in [-0.05, 0) is 45.4 Å². The van der Waals surface area contributed by atoms with Crippen molar-refractivity contribution in [1.29, 1.82) is 0 Å². The van der Waals surface area contributed by atoms with Gasteiger partial charge in [-0.15, -0.1) is 0 Å². The molecule has 0 heterocycles. The Kier molecular flexibility index (Phi) is 7.24. The van der Waals surface area contributed by atoms with Gasteiger partial charge in [0.25, 0.3) is 0 Å². The highest BCUT2D eigenvalue weighted by Gasteiger charge is 2.19. The van der Waals surface area contributed by atoms with Crippen molar-refractivity contribution in [2.75, 3.05) is 6.54 Å². The molecular formula is C14H20ClNO4. The van der Waals surface area contributed by atoms with Gasteiger partial charge in [0, 0.05) is 0 Å². The Labute approximate surface area is 123 Å². The Morgan fingerprint density at radius 3 is 2.20 bits per heavy atom. The van der Waals surface area contributed by atoms with Crippen molar-refractivity contribution in [2.24, 2.45) is 5.73 Å². The topological polar surface area (TPSA) is 89.6 Å². The lowest BCUT2D eigenvalue weighted by atomic mass is 10.1. The van der Waals surface area contributed by atoms with Gasteiger partial charge in [0.15, 0.2) is 0 Å². The second kappa shape index (κ2) is 7.87. The number of carbonyl (C=O) groups is 2. The van der Waals surface area contributed by atoms with Crippen LogP contribution in [0.4, 0.5) is 0 Å². The highest BCUT2D eigenvalue weighted by atomic mass is 35.5. The Morgan fingerprint density at radius 2 is 1.85 bits per heavy atom. The molecule has 3 N–H and O–H groups in total. The van der Waals surface area contributed by atoms with E-state index in [1.807, 2.05) is 33.8 Å². The highest BCUT2D eigenvalue weighted by Crippen LogP contribution is 2.20. The minimum Gasteiger partial charge on any atom is -0.480 e. The fraction of sp³-hybridized carbons (Fsp3) is 0.429. The third-order valence-electron chi connectivity index (χ3n) is 1.92. The van der Waals surface area contributed by atoms with Crippen LogP contribution < -0.4 is 5.73 Å². The van der Waals surface area contributed by atoms with Crippen molar-refractivity contribution in [3.05, 3.63) is 34.3 Å². The van der Waals surface area contributed by atoms with Crippen LogP contribution in [0.2, 0.25) is 5.02 Å². The number of carbonyl (C=O) groups excluding carboxylic acids is 1. The number of halogens is 1. The first-order chi connectivity index (χ1) is 9.06. The lowest BCUT2D eigenvalue weighted by Gasteiger charge is -2.19. The minimum absolute atomic E-state index is 0.278. The summed E-state index contributed by atoms with van der Waals surface area (Å²) in [6.45, 7) is 7.12. The summed E-state index contributed by atoms with van der Waals surface area (Å²) < 4.78 is 5.22. The third-order valence-corrected chi connectivity index (χ3v) is 2.23. The normalized spacial score (nSPS) is 10.3. The van der Waals surface area contributed by atoms with Gasteiger partial charge >= 0.3 is 11.9 Å². The average molecular weight is 302 g/mol. The summed E-state index contributed by atoms with van der Waals surface area (Å²) in [7, 11) is 0. The molecule has 0 aliphatic heterocycles. The van der Waals surface area contributed by atoms with E-state index in [4.69, 9.17) is 21.4 Å². The molecule has 1 aromatic rings. The zero-order chi connectivity index (χ0) is 15.9. The highest BCUT2D eigenvalue weighted by molar-refractivity contribution is 6.33. The molecule has 1 rings (SSSR count). The van der Waals surface area contributed by atoms with Crippen molar-refractivity contribution >= 4 is 23.5 Å². The number of esters is 1. The number of aliphatic carboxylic acids is 1. The molecular weight excluding hydrogens is 282 g/mol. The first-order valence-electron chi connectivity index (χ1n) is 5.98. The van der Waals surface area contributed by atoms with Gasteiger partial charge in [0.1, 0.15) is 5.60 Å². The molecule has 20 heavy (non-hydrogen) atoms. The van der Waals surface area contributed by atoms with Gasteiger partial charge in [-0.1, -0.05) is 17.7 Å². The molecule has 0 saturated heterocycles. The van der Waals surface area contributed by atoms with E-state index in [0.717, 1.165) is 5.56 Å². The molecule has 6 heteroatoms. The maximum Gasteiger partial charge on any atom is 0.340 e. The number of carboxylic acids is 1. The number of carboxylic acid groups (broad SMARTS) is 1. The van der Waals surface area contributed by atoms with E-state index in [0.29, 0.717) is 10.6 Å². The molecule has 0 atom stereocenters. The number of hydrogen-bond acceptors (Lipinski definition) is 4. The smallest absolute Gasteiger partial charge is 0.340 e. The van der Waals surface area contributed by atoms with Crippen molar-refractivity contribution in [3.63, 3.8) is 0 Å². The summed E-state index contributed by atoms with van der Waals surface area (Å²) >= 11 is 5.95. The van der Waals surface area contributed by atoms with E-state index in [1.54, 1.807) is 12.1 Å². The Morgan fingerprint density at radius 1 is 1.35 bits per heavy atom. The summed E-state index contributed by atoms with van der Waals surface area (Å²) in [5.74, 6) is -1.35. The maximum absolute atomic E-state index is 11.7. The van der Waals surface area contributed by atoms with Crippen molar-refractivity contribution in [1.82, 2.24) is 0 Å². The number of hydrogen-bond donors (Lipinski definition) is 2. The molecule has 0 radical (unpaired) electrons. The third kappa shape index (κ3) is 7.76. The van der Waals surface area contributed by atoms with E-state index in [-0.39, 0.29) is 12.5 Å². The van der Waals surface area contributed by atoms with Crippen LogP contribution in [0.15, 0.2) is 18.2 Å². The lowest BCUT2D eigenvalue weighted by molar-refractivity contribution is -0.135. The quantitative estimate of drug-likeness (QED) is 0.820. The second-order valence-electron chi connectivity index (χ2n) is 5.08. The van der Waals surface area contributed by atoms with E-state index >= 15 is 0 Å². The van der Waals surface area contributed by atoms with E-state index in [2.05, 4.69) is 5.73 Å². The molecule has 0 fully saturated rings. The molecule has 0 saturated carbocycles. The van der Waals surface area contributed by atoms with Gasteiger partial charge in [0.05, 0.1) is 17.1 Å². The molecule has 0 amide bonds. The van der Waals surface area contributed by atoms with E-state index in [9.17, 15) is 9.59 Å². The molecule has 5 nitrogen and oxygen atoms in total. The van der Waals surface area contributed by atoms with Crippen LogP contribution in [0.5, 0.6) is 0 Å². The number of ether oxygens (including phenoxy) is 1. The van der Waals surface area contributed by atoms with Crippen LogP contribution in [-0.4, -0.2) is 29.2 Å². The van der Waals surface area contributed by atoms with Crippen LogP contribution in [0.1, 0.15) is 36.7 Å². The molecule has 0 aromatic heterocycles. The fourth-order valence-electron chi connectivity index (χ4n) is 1.12. The van der Waals surface area contributed by atoms with Gasteiger partial charge < -0.3 is 15.6 Å². The number of aryl methyl sites for hydroxylation is 1. The predicted octanol–water partition coefficient (Wildman–Crippen LogP) is 2.63. The fourth-order valence-corrected chi connectivity index (χ4v) is 1.43. The summed E-state index contributed by atoms with van der Waals surface area (Å²) in [4.78, 5) is 20.9. The molecule has 0 unspecified atom stereocenters. The SMILES string of the molecule is Cc1ccc(C(=O)OC(C)(C)C)c(Cl)c1.NCC(=O)O. The van der Waals surface area contributed by atoms with Gasteiger partial charge in [-0.2, -0.15) is 0 Å². The second-order valence-corrected chi connectivity index (χ2v) is 5.49. The monoisotopic (exact) mass is 301 g/mol. The van der Waals surface area contributed by atoms with Crippen molar-refractivity contribution < 1.29 is 19.4 Å². The molecule has 0 spiro atoms. The Bertz CT molecular complexity index is 481. The number of nitrogens with two attached hydrogens (primary N) is 1. The van der Waals surface area contributed by atoms with Crippen LogP contribution in [0, 0.1) is 6.92 Å². The van der Waals surface area contributed by atoms with Crippen molar-refractivity contribution in [3.8, 4) is 0 Å². The van der Waals surface area contributed by atoms with Crippen LogP contribution in [0.3, 0.4) is 0 Å². The molecule has 0 bridgehead atoms. The summed E-state index contributed by atoms with van der Waals surface area (Å²) in [5.41, 5.74) is 5.51. The van der Waals surface area contributed by atoms with Gasteiger partial charge in [-0.3, -0.25) is 4.79 Å². The first-order valence-corrected chi connectivity index (χ1v) is 6.36. The number of benzene rings is 1. The zero-order valence-corrected chi connectivity index (χ0v) is 12.8. The molecule has 0 aliphatic rings. The summed E-state index contributed by atoms with van der Waals surface area (Å²) in [6.07, 6.45) is 0.